The second kappa shape index (κ2) is 7.34. The minimum Gasteiger partial charge on any atom is -0.383 e. The molecule has 1 saturated heterocycles. The van der Waals surface area contributed by atoms with Crippen LogP contribution in [0.25, 0.3) is 0 Å². The van der Waals surface area contributed by atoms with Gasteiger partial charge in [0.15, 0.2) is 0 Å². The average molecular weight is 242 g/mol. The lowest BCUT2D eigenvalue weighted by molar-refractivity contribution is -0.0147. The summed E-state index contributed by atoms with van der Waals surface area (Å²) < 4.78 is 5.45. The fourth-order valence-corrected chi connectivity index (χ4v) is 3.20. The molecule has 0 bridgehead atoms. The maximum absolute atomic E-state index is 6.08. The average Bonchev–Trinajstić information content (AvgIpc) is 2.61. The summed E-state index contributed by atoms with van der Waals surface area (Å²) >= 11 is 0. The maximum atomic E-state index is 6.08. The molecule has 102 valence electrons. The minimum absolute atomic E-state index is 0.0553. The van der Waals surface area contributed by atoms with Gasteiger partial charge in [-0.3, -0.25) is 4.90 Å². The Morgan fingerprint density at radius 3 is 2.59 bits per heavy atom. The normalized spacial score (nSPS) is 26.5. The van der Waals surface area contributed by atoms with Crippen LogP contribution in [-0.2, 0) is 4.74 Å². The Morgan fingerprint density at radius 2 is 2.06 bits per heavy atom. The highest BCUT2D eigenvalue weighted by atomic mass is 16.5. The van der Waals surface area contributed by atoms with E-state index in [0.717, 1.165) is 13.0 Å². The largest absolute Gasteiger partial charge is 0.383 e. The molecule has 2 N–H and O–H groups in total. The van der Waals surface area contributed by atoms with Crippen molar-refractivity contribution in [2.45, 2.75) is 64.0 Å². The second-order valence-corrected chi connectivity index (χ2v) is 5.32. The molecule has 0 aliphatic carbocycles. The molecule has 0 amide bonds. The first kappa shape index (κ1) is 14.9. The van der Waals surface area contributed by atoms with Crippen LogP contribution in [0.3, 0.4) is 0 Å². The van der Waals surface area contributed by atoms with Crippen molar-refractivity contribution in [3.63, 3.8) is 0 Å². The summed E-state index contributed by atoms with van der Waals surface area (Å²) in [4.78, 5) is 2.66. The zero-order valence-corrected chi connectivity index (χ0v) is 11.9. The van der Waals surface area contributed by atoms with Gasteiger partial charge < -0.3 is 10.5 Å². The van der Waals surface area contributed by atoms with Crippen LogP contribution in [0.5, 0.6) is 0 Å². The molecule has 1 rings (SSSR count). The number of ether oxygens (including phenoxy) is 1. The van der Waals surface area contributed by atoms with E-state index in [4.69, 9.17) is 10.5 Å². The molecule has 3 nitrogen and oxygen atoms in total. The lowest BCUT2D eigenvalue weighted by Crippen LogP contribution is -2.59. The molecular formula is C14H30N2O. The van der Waals surface area contributed by atoms with E-state index in [1.165, 1.54) is 38.6 Å². The third-order valence-electron chi connectivity index (χ3n) is 4.41. The zero-order chi connectivity index (χ0) is 12.7. The fourth-order valence-electron chi connectivity index (χ4n) is 3.20. The van der Waals surface area contributed by atoms with Gasteiger partial charge in [-0.05, 0) is 32.2 Å². The van der Waals surface area contributed by atoms with E-state index in [0.29, 0.717) is 12.6 Å². The van der Waals surface area contributed by atoms with Crippen molar-refractivity contribution in [2.24, 2.45) is 5.73 Å². The van der Waals surface area contributed by atoms with Crippen molar-refractivity contribution in [1.29, 1.82) is 0 Å². The summed E-state index contributed by atoms with van der Waals surface area (Å²) in [5, 5.41) is 0. The van der Waals surface area contributed by atoms with Crippen LogP contribution in [-0.4, -0.2) is 43.3 Å². The molecular weight excluding hydrogens is 212 g/mol. The Bertz CT molecular complexity index is 204. The summed E-state index contributed by atoms with van der Waals surface area (Å²) in [6.45, 7) is 7.19. The van der Waals surface area contributed by atoms with Gasteiger partial charge in [0.05, 0.1) is 12.1 Å². The highest BCUT2D eigenvalue weighted by Gasteiger charge is 2.37. The van der Waals surface area contributed by atoms with E-state index in [-0.39, 0.29) is 5.54 Å². The first-order chi connectivity index (χ1) is 8.24. The molecule has 3 heteroatoms. The van der Waals surface area contributed by atoms with Crippen molar-refractivity contribution in [2.75, 3.05) is 26.8 Å². The molecule has 0 aromatic heterocycles. The first-order valence-corrected chi connectivity index (χ1v) is 7.19. The van der Waals surface area contributed by atoms with E-state index < -0.39 is 0 Å². The molecule has 1 aliphatic heterocycles. The third kappa shape index (κ3) is 3.43. The Labute approximate surface area is 107 Å². The second-order valence-electron chi connectivity index (χ2n) is 5.32. The predicted molar refractivity (Wildman–Crippen MR) is 73.2 cm³/mol. The standard InChI is InChI=1S/C14H30N2O/c1-4-13-9-7-6-8-10-16(13)14(5-2,11-15)12-17-3/h13H,4-12,15H2,1-3H3. The number of nitrogens with two attached hydrogens (primary N) is 1. The van der Waals surface area contributed by atoms with Crippen LogP contribution in [0.4, 0.5) is 0 Å². The van der Waals surface area contributed by atoms with Gasteiger partial charge in [-0.1, -0.05) is 26.7 Å². The topological polar surface area (TPSA) is 38.5 Å². The molecule has 1 heterocycles. The van der Waals surface area contributed by atoms with Gasteiger partial charge in [0.25, 0.3) is 0 Å². The number of methoxy groups -OCH3 is 1. The summed E-state index contributed by atoms with van der Waals surface area (Å²) in [6.07, 6.45) is 7.67. The quantitative estimate of drug-likeness (QED) is 0.777. The molecule has 0 aromatic carbocycles. The van der Waals surface area contributed by atoms with E-state index in [2.05, 4.69) is 18.7 Å². The Hall–Kier alpha value is -0.120. The fraction of sp³-hybridized carbons (Fsp3) is 1.00. The van der Waals surface area contributed by atoms with Gasteiger partial charge in [0.2, 0.25) is 0 Å². The van der Waals surface area contributed by atoms with Gasteiger partial charge in [0, 0.05) is 19.7 Å². The molecule has 17 heavy (non-hydrogen) atoms. The van der Waals surface area contributed by atoms with Gasteiger partial charge in [-0.2, -0.15) is 0 Å². The molecule has 2 atom stereocenters. The number of rotatable bonds is 6. The van der Waals surface area contributed by atoms with E-state index in [1.54, 1.807) is 7.11 Å². The number of likely N-dealkylation sites (tertiary alicyclic amines) is 1. The summed E-state index contributed by atoms with van der Waals surface area (Å²) in [6, 6.07) is 0.691. The van der Waals surface area contributed by atoms with Gasteiger partial charge in [-0.15, -0.1) is 0 Å². The predicted octanol–water partition coefficient (Wildman–Crippen LogP) is 2.39. The zero-order valence-electron chi connectivity index (χ0n) is 11.9. The van der Waals surface area contributed by atoms with Crippen LogP contribution < -0.4 is 5.73 Å². The van der Waals surface area contributed by atoms with Crippen molar-refractivity contribution in [3.05, 3.63) is 0 Å². The van der Waals surface area contributed by atoms with Crippen LogP contribution in [0, 0.1) is 0 Å². The number of hydrogen-bond donors (Lipinski definition) is 1. The van der Waals surface area contributed by atoms with Crippen molar-refractivity contribution >= 4 is 0 Å². The Morgan fingerprint density at radius 1 is 1.29 bits per heavy atom. The molecule has 2 unspecified atom stereocenters. The highest BCUT2D eigenvalue weighted by Crippen LogP contribution is 2.29. The van der Waals surface area contributed by atoms with Crippen LogP contribution in [0.15, 0.2) is 0 Å². The molecule has 1 fully saturated rings. The lowest BCUT2D eigenvalue weighted by atomic mass is 9.91. The number of nitrogens with zero attached hydrogens (tertiary/aromatic N) is 1. The van der Waals surface area contributed by atoms with Crippen molar-refractivity contribution in [3.8, 4) is 0 Å². The highest BCUT2D eigenvalue weighted by molar-refractivity contribution is 4.94. The molecule has 0 aromatic rings. The SMILES string of the molecule is CCC1CCCCCN1C(CC)(CN)COC. The van der Waals surface area contributed by atoms with Crippen LogP contribution in [0.2, 0.25) is 0 Å². The Kier molecular flexibility index (Phi) is 6.45. The van der Waals surface area contributed by atoms with Gasteiger partial charge in [0.1, 0.15) is 0 Å². The first-order valence-electron chi connectivity index (χ1n) is 7.19. The van der Waals surface area contributed by atoms with E-state index >= 15 is 0 Å². The molecule has 0 saturated carbocycles. The smallest absolute Gasteiger partial charge is 0.0659 e. The summed E-state index contributed by atoms with van der Waals surface area (Å²) in [5.41, 5.74) is 6.14. The summed E-state index contributed by atoms with van der Waals surface area (Å²) in [7, 11) is 1.79. The molecule has 0 spiro atoms. The minimum atomic E-state index is 0.0553. The van der Waals surface area contributed by atoms with Crippen LogP contribution >= 0.6 is 0 Å². The summed E-state index contributed by atoms with van der Waals surface area (Å²) in [5.74, 6) is 0. The van der Waals surface area contributed by atoms with E-state index in [1.807, 2.05) is 0 Å². The van der Waals surface area contributed by atoms with Gasteiger partial charge >= 0.3 is 0 Å². The van der Waals surface area contributed by atoms with E-state index in [9.17, 15) is 0 Å². The third-order valence-corrected chi connectivity index (χ3v) is 4.41. The van der Waals surface area contributed by atoms with Crippen molar-refractivity contribution in [1.82, 2.24) is 4.90 Å². The van der Waals surface area contributed by atoms with Crippen molar-refractivity contribution < 1.29 is 4.74 Å². The van der Waals surface area contributed by atoms with Gasteiger partial charge in [-0.25, -0.2) is 0 Å². The monoisotopic (exact) mass is 242 g/mol. The molecule has 1 aliphatic rings. The van der Waals surface area contributed by atoms with Crippen LogP contribution in [0.1, 0.15) is 52.4 Å². The number of hydrogen-bond acceptors (Lipinski definition) is 3. The lowest BCUT2D eigenvalue weighted by Gasteiger charge is -2.46. The molecule has 0 radical (unpaired) electrons. The Balaban J connectivity index is 2.87. The maximum Gasteiger partial charge on any atom is 0.0659 e.